The average molecular weight is 411 g/mol. The number of amides is 1. The number of hydrogen-bond donors (Lipinski definition) is 1. The van der Waals surface area contributed by atoms with Crippen LogP contribution >= 0.6 is 0 Å². The molecule has 0 unspecified atom stereocenters. The molecule has 1 aliphatic heterocycles. The second-order valence-corrected chi connectivity index (χ2v) is 8.88. The second-order valence-electron chi connectivity index (χ2n) is 6.94. The standard InChI is InChI=1S/C21H21N3O4S/c1-15(25)22-17-7-9-19(10-8-17)29(26,27)24-13-12-18(14-24)28-21-11-6-16-4-2-3-5-20(16)23-21/h2-11,18H,12-14H2,1H3,(H,22,25)/t18-/m1/s1. The lowest BCUT2D eigenvalue weighted by molar-refractivity contribution is -0.114. The number of fused-ring (bicyclic) bond motifs is 1. The molecule has 150 valence electrons. The van der Waals surface area contributed by atoms with Crippen LogP contribution < -0.4 is 10.1 Å². The van der Waals surface area contributed by atoms with Gasteiger partial charge in [0.1, 0.15) is 6.10 Å². The molecule has 0 bridgehead atoms. The number of para-hydroxylation sites is 1. The van der Waals surface area contributed by atoms with Gasteiger partial charge in [-0.1, -0.05) is 18.2 Å². The molecule has 1 saturated heterocycles. The maximum atomic E-state index is 12.9. The van der Waals surface area contributed by atoms with E-state index in [1.165, 1.54) is 23.4 Å². The first-order chi connectivity index (χ1) is 13.9. The van der Waals surface area contributed by atoms with Crippen molar-refractivity contribution in [2.24, 2.45) is 0 Å². The number of rotatable bonds is 5. The zero-order valence-corrected chi connectivity index (χ0v) is 16.7. The van der Waals surface area contributed by atoms with Crippen LogP contribution in [0.5, 0.6) is 5.88 Å². The number of carbonyl (C=O) groups is 1. The molecular formula is C21H21N3O4S. The highest BCUT2D eigenvalue weighted by Crippen LogP contribution is 2.25. The second kappa shape index (κ2) is 7.81. The van der Waals surface area contributed by atoms with Gasteiger partial charge in [0.25, 0.3) is 0 Å². The number of nitrogens with one attached hydrogen (secondary N) is 1. The van der Waals surface area contributed by atoms with Gasteiger partial charge in [0.15, 0.2) is 0 Å². The summed E-state index contributed by atoms with van der Waals surface area (Å²) in [5.74, 6) is 0.287. The van der Waals surface area contributed by atoms with Gasteiger partial charge < -0.3 is 10.1 Å². The van der Waals surface area contributed by atoms with Crippen LogP contribution in [0.15, 0.2) is 65.6 Å². The van der Waals surface area contributed by atoms with Gasteiger partial charge in [-0.05, 0) is 42.8 Å². The van der Waals surface area contributed by atoms with Gasteiger partial charge in [-0.25, -0.2) is 13.4 Å². The summed E-state index contributed by atoms with van der Waals surface area (Å²) in [6, 6.07) is 17.7. The van der Waals surface area contributed by atoms with Gasteiger partial charge in [0.2, 0.25) is 21.8 Å². The highest BCUT2D eigenvalue weighted by molar-refractivity contribution is 7.89. The molecule has 1 fully saturated rings. The molecule has 3 aromatic rings. The number of ether oxygens (including phenoxy) is 1. The number of anilines is 1. The van der Waals surface area contributed by atoms with Crippen LogP contribution in [-0.2, 0) is 14.8 Å². The molecule has 1 atom stereocenters. The summed E-state index contributed by atoms with van der Waals surface area (Å²) in [5, 5.41) is 3.65. The van der Waals surface area contributed by atoms with Crippen molar-refractivity contribution in [3.05, 3.63) is 60.7 Å². The number of aromatic nitrogens is 1. The Labute approximate surface area is 169 Å². The number of sulfonamides is 1. The fourth-order valence-corrected chi connectivity index (χ4v) is 4.84. The van der Waals surface area contributed by atoms with Crippen molar-refractivity contribution in [1.29, 1.82) is 0 Å². The quantitative estimate of drug-likeness (QED) is 0.697. The Balaban J connectivity index is 1.44. The zero-order chi connectivity index (χ0) is 20.4. The molecule has 29 heavy (non-hydrogen) atoms. The van der Waals surface area contributed by atoms with E-state index in [1.807, 2.05) is 30.3 Å². The summed E-state index contributed by atoms with van der Waals surface area (Å²) >= 11 is 0. The Morgan fingerprint density at radius 3 is 2.62 bits per heavy atom. The monoisotopic (exact) mass is 411 g/mol. The third-order valence-corrected chi connectivity index (χ3v) is 6.66. The molecule has 0 radical (unpaired) electrons. The van der Waals surface area contributed by atoms with Crippen LogP contribution in [0.4, 0.5) is 5.69 Å². The summed E-state index contributed by atoms with van der Waals surface area (Å²) in [5.41, 5.74) is 1.40. The number of hydrogen-bond acceptors (Lipinski definition) is 5. The summed E-state index contributed by atoms with van der Waals surface area (Å²) in [6.07, 6.45) is 0.342. The molecule has 7 nitrogen and oxygen atoms in total. The summed E-state index contributed by atoms with van der Waals surface area (Å²) in [6.45, 7) is 2.05. The van der Waals surface area contributed by atoms with Crippen LogP contribution in [0.25, 0.3) is 10.9 Å². The van der Waals surface area contributed by atoms with Crippen LogP contribution in [0, 0.1) is 0 Å². The molecule has 2 aromatic carbocycles. The number of pyridine rings is 1. The SMILES string of the molecule is CC(=O)Nc1ccc(S(=O)(=O)N2CC[C@@H](Oc3ccc4ccccc4n3)C2)cc1. The van der Waals surface area contributed by atoms with E-state index in [4.69, 9.17) is 4.74 Å². The minimum absolute atomic E-state index is 0.191. The summed E-state index contributed by atoms with van der Waals surface area (Å²) in [4.78, 5) is 15.8. The van der Waals surface area contributed by atoms with Crippen molar-refractivity contribution < 1.29 is 17.9 Å². The molecule has 1 aromatic heterocycles. The molecule has 0 spiro atoms. The van der Waals surface area contributed by atoms with Crippen LogP contribution in [0.2, 0.25) is 0 Å². The van der Waals surface area contributed by atoms with Crippen LogP contribution in [0.1, 0.15) is 13.3 Å². The van der Waals surface area contributed by atoms with Crippen molar-refractivity contribution in [3.63, 3.8) is 0 Å². The lowest BCUT2D eigenvalue weighted by Gasteiger charge is -2.17. The molecule has 2 heterocycles. The molecule has 1 amide bonds. The summed E-state index contributed by atoms with van der Waals surface area (Å²) in [7, 11) is -3.62. The Morgan fingerprint density at radius 1 is 1.10 bits per heavy atom. The van der Waals surface area contributed by atoms with Crippen LogP contribution in [0.3, 0.4) is 0 Å². The van der Waals surface area contributed by atoms with Gasteiger partial charge in [0.05, 0.1) is 17.0 Å². The lowest BCUT2D eigenvalue weighted by atomic mass is 10.2. The largest absolute Gasteiger partial charge is 0.473 e. The Morgan fingerprint density at radius 2 is 1.86 bits per heavy atom. The molecule has 0 saturated carbocycles. The van der Waals surface area contributed by atoms with E-state index in [9.17, 15) is 13.2 Å². The van der Waals surface area contributed by atoms with Crippen molar-refractivity contribution in [1.82, 2.24) is 9.29 Å². The topological polar surface area (TPSA) is 88.6 Å². The highest BCUT2D eigenvalue weighted by Gasteiger charge is 2.33. The minimum atomic E-state index is -3.62. The van der Waals surface area contributed by atoms with Crippen molar-refractivity contribution in [2.75, 3.05) is 18.4 Å². The van der Waals surface area contributed by atoms with E-state index in [-0.39, 0.29) is 23.5 Å². The van der Waals surface area contributed by atoms with Gasteiger partial charge in [-0.3, -0.25) is 4.79 Å². The van der Waals surface area contributed by atoms with E-state index in [1.54, 1.807) is 18.2 Å². The van der Waals surface area contributed by atoms with E-state index in [0.29, 0.717) is 24.5 Å². The predicted molar refractivity (Wildman–Crippen MR) is 110 cm³/mol. The fourth-order valence-electron chi connectivity index (χ4n) is 3.36. The van der Waals surface area contributed by atoms with E-state index >= 15 is 0 Å². The van der Waals surface area contributed by atoms with Crippen molar-refractivity contribution in [3.8, 4) is 5.88 Å². The van der Waals surface area contributed by atoms with E-state index < -0.39 is 10.0 Å². The number of nitrogens with zero attached hydrogens (tertiary/aromatic N) is 2. The Bertz CT molecular complexity index is 1150. The highest BCUT2D eigenvalue weighted by atomic mass is 32.2. The molecule has 4 rings (SSSR count). The van der Waals surface area contributed by atoms with Crippen molar-refractivity contribution in [2.45, 2.75) is 24.3 Å². The van der Waals surface area contributed by atoms with E-state index in [0.717, 1.165) is 10.9 Å². The van der Waals surface area contributed by atoms with Crippen molar-refractivity contribution >= 4 is 32.5 Å². The zero-order valence-electron chi connectivity index (χ0n) is 15.9. The first-order valence-electron chi connectivity index (χ1n) is 9.32. The minimum Gasteiger partial charge on any atom is -0.473 e. The third kappa shape index (κ3) is 4.23. The molecule has 0 aliphatic carbocycles. The number of benzene rings is 2. The van der Waals surface area contributed by atoms with Crippen LogP contribution in [-0.4, -0.2) is 42.8 Å². The first kappa shape index (κ1) is 19.4. The molecule has 1 N–H and O–H groups in total. The lowest BCUT2D eigenvalue weighted by Crippen LogP contribution is -2.31. The first-order valence-corrected chi connectivity index (χ1v) is 10.8. The average Bonchev–Trinajstić information content (AvgIpc) is 3.17. The molecule has 8 heteroatoms. The Hall–Kier alpha value is -2.97. The number of carbonyl (C=O) groups excluding carboxylic acids is 1. The van der Waals surface area contributed by atoms with Gasteiger partial charge in [-0.15, -0.1) is 0 Å². The van der Waals surface area contributed by atoms with Gasteiger partial charge >= 0.3 is 0 Å². The predicted octanol–water partition coefficient (Wildman–Crippen LogP) is 3.04. The van der Waals surface area contributed by atoms with Gasteiger partial charge in [0, 0.05) is 30.6 Å². The normalized spacial score (nSPS) is 17.3. The smallest absolute Gasteiger partial charge is 0.243 e. The molecule has 1 aliphatic rings. The molecular weight excluding hydrogens is 390 g/mol. The maximum Gasteiger partial charge on any atom is 0.243 e. The van der Waals surface area contributed by atoms with Gasteiger partial charge in [-0.2, -0.15) is 4.31 Å². The third-order valence-electron chi connectivity index (χ3n) is 4.78. The Kier molecular flexibility index (Phi) is 5.21. The fraction of sp³-hybridized carbons (Fsp3) is 0.238. The van der Waals surface area contributed by atoms with E-state index in [2.05, 4.69) is 10.3 Å². The summed E-state index contributed by atoms with van der Waals surface area (Å²) < 4.78 is 33.2. The maximum absolute atomic E-state index is 12.9.